The van der Waals surface area contributed by atoms with Crippen molar-refractivity contribution in [1.29, 1.82) is 0 Å². The van der Waals surface area contributed by atoms with Gasteiger partial charge in [-0.25, -0.2) is 0 Å². The van der Waals surface area contributed by atoms with Gasteiger partial charge < -0.3 is 4.90 Å². The summed E-state index contributed by atoms with van der Waals surface area (Å²) >= 11 is 0. The van der Waals surface area contributed by atoms with E-state index in [1.807, 2.05) is 0 Å². The van der Waals surface area contributed by atoms with Crippen molar-refractivity contribution in [3.63, 3.8) is 0 Å². The van der Waals surface area contributed by atoms with Crippen LogP contribution in [0.5, 0.6) is 0 Å². The van der Waals surface area contributed by atoms with E-state index >= 15 is 0 Å². The maximum absolute atomic E-state index is 2.58. The molecule has 0 saturated heterocycles. The first-order valence-electron chi connectivity index (χ1n) is 8.83. The van der Waals surface area contributed by atoms with Crippen molar-refractivity contribution in [3.8, 4) is 0 Å². The Balaban J connectivity index is 2.11. The summed E-state index contributed by atoms with van der Waals surface area (Å²) in [4.78, 5) is 2.58. The molecule has 0 spiro atoms. The molecule has 0 aromatic rings. The van der Waals surface area contributed by atoms with Gasteiger partial charge >= 0.3 is 0 Å². The van der Waals surface area contributed by atoms with E-state index in [9.17, 15) is 0 Å². The number of hydrogen-bond acceptors (Lipinski definition) is 1. The largest absolute Gasteiger partial charge is 0.304 e. The number of nitrogens with zero attached hydrogens (tertiary/aromatic N) is 1. The molecule has 0 bridgehead atoms. The molecule has 19 heavy (non-hydrogen) atoms. The zero-order valence-corrected chi connectivity index (χ0v) is 14.0. The molecule has 0 aliphatic heterocycles. The molecule has 1 fully saturated rings. The van der Waals surface area contributed by atoms with E-state index in [0.29, 0.717) is 0 Å². The molecule has 1 unspecified atom stereocenters. The zero-order valence-electron chi connectivity index (χ0n) is 14.0. The lowest BCUT2D eigenvalue weighted by atomic mass is 9.90. The molecule has 1 saturated carbocycles. The van der Waals surface area contributed by atoms with Crippen LogP contribution in [-0.2, 0) is 0 Å². The SMILES string of the molecule is CCCCCCN(C)C(C)C[C@H](C)CC1CCCC1. The van der Waals surface area contributed by atoms with E-state index in [1.54, 1.807) is 0 Å². The van der Waals surface area contributed by atoms with Crippen LogP contribution in [-0.4, -0.2) is 24.5 Å². The molecule has 0 radical (unpaired) electrons. The van der Waals surface area contributed by atoms with Crippen LogP contribution in [0, 0.1) is 11.8 Å². The smallest absolute Gasteiger partial charge is 0.00664 e. The second-order valence-corrected chi connectivity index (χ2v) is 7.12. The summed E-state index contributed by atoms with van der Waals surface area (Å²) in [7, 11) is 2.32. The molecule has 1 rings (SSSR count). The highest BCUT2D eigenvalue weighted by Crippen LogP contribution is 2.31. The average Bonchev–Trinajstić information content (AvgIpc) is 2.86. The minimum absolute atomic E-state index is 0.762. The van der Waals surface area contributed by atoms with Crippen LogP contribution in [0.3, 0.4) is 0 Å². The summed E-state index contributed by atoms with van der Waals surface area (Å²) in [6.07, 6.45) is 14.4. The monoisotopic (exact) mass is 267 g/mol. The van der Waals surface area contributed by atoms with Gasteiger partial charge in [-0.2, -0.15) is 0 Å². The van der Waals surface area contributed by atoms with E-state index < -0.39 is 0 Å². The van der Waals surface area contributed by atoms with Crippen molar-refractivity contribution in [3.05, 3.63) is 0 Å². The van der Waals surface area contributed by atoms with Gasteiger partial charge in [-0.1, -0.05) is 58.8 Å². The number of unbranched alkanes of at least 4 members (excludes halogenated alkanes) is 3. The van der Waals surface area contributed by atoms with Gasteiger partial charge in [0.25, 0.3) is 0 Å². The van der Waals surface area contributed by atoms with Crippen LogP contribution >= 0.6 is 0 Å². The van der Waals surface area contributed by atoms with Gasteiger partial charge in [0.2, 0.25) is 0 Å². The first-order chi connectivity index (χ1) is 9.13. The van der Waals surface area contributed by atoms with Crippen LogP contribution in [0.15, 0.2) is 0 Å². The molecule has 1 heteroatoms. The summed E-state index contributed by atoms with van der Waals surface area (Å²) in [6, 6.07) is 0.762. The van der Waals surface area contributed by atoms with Crippen LogP contribution in [0.2, 0.25) is 0 Å². The molecule has 114 valence electrons. The quantitative estimate of drug-likeness (QED) is 0.473. The lowest BCUT2D eigenvalue weighted by molar-refractivity contribution is 0.209. The number of hydrogen-bond donors (Lipinski definition) is 0. The third-order valence-corrected chi connectivity index (χ3v) is 5.07. The maximum Gasteiger partial charge on any atom is 0.00664 e. The summed E-state index contributed by atoms with van der Waals surface area (Å²) < 4.78 is 0. The van der Waals surface area contributed by atoms with Gasteiger partial charge in [0, 0.05) is 6.04 Å². The fraction of sp³-hybridized carbons (Fsp3) is 1.00. The third kappa shape index (κ3) is 7.34. The molecule has 0 amide bonds. The summed E-state index contributed by atoms with van der Waals surface area (Å²) in [5, 5.41) is 0. The van der Waals surface area contributed by atoms with E-state index in [1.165, 1.54) is 70.8 Å². The number of rotatable bonds is 10. The zero-order chi connectivity index (χ0) is 14.1. The molecule has 0 aromatic heterocycles. The van der Waals surface area contributed by atoms with Gasteiger partial charge in [-0.05, 0) is 51.6 Å². The lowest BCUT2D eigenvalue weighted by Crippen LogP contribution is -2.31. The Kier molecular flexibility index (Phi) is 8.77. The molecule has 0 N–H and O–H groups in total. The Labute approximate surface area is 122 Å². The van der Waals surface area contributed by atoms with Gasteiger partial charge in [0.05, 0.1) is 0 Å². The molecule has 0 aromatic carbocycles. The molecule has 1 aliphatic carbocycles. The summed E-state index contributed by atoms with van der Waals surface area (Å²) in [5.74, 6) is 1.97. The minimum Gasteiger partial charge on any atom is -0.304 e. The highest BCUT2D eigenvalue weighted by atomic mass is 15.1. The van der Waals surface area contributed by atoms with Crippen LogP contribution in [0.4, 0.5) is 0 Å². The fourth-order valence-corrected chi connectivity index (χ4v) is 3.68. The van der Waals surface area contributed by atoms with Gasteiger partial charge in [0.15, 0.2) is 0 Å². The van der Waals surface area contributed by atoms with Crippen molar-refractivity contribution in [2.75, 3.05) is 13.6 Å². The third-order valence-electron chi connectivity index (χ3n) is 5.07. The Bertz CT molecular complexity index is 208. The first-order valence-corrected chi connectivity index (χ1v) is 8.83. The molecule has 2 atom stereocenters. The predicted molar refractivity (Wildman–Crippen MR) is 86.6 cm³/mol. The van der Waals surface area contributed by atoms with Crippen molar-refractivity contribution in [1.82, 2.24) is 4.90 Å². The molecular weight excluding hydrogens is 230 g/mol. The van der Waals surface area contributed by atoms with E-state index in [4.69, 9.17) is 0 Å². The standard InChI is InChI=1S/C18H37N/c1-5-6-7-10-13-19(4)17(3)14-16(2)15-18-11-8-9-12-18/h16-18H,5-15H2,1-4H3/t16-,17?/m0/s1. The van der Waals surface area contributed by atoms with E-state index in [0.717, 1.165) is 17.9 Å². The highest BCUT2D eigenvalue weighted by Gasteiger charge is 2.20. The predicted octanol–water partition coefficient (Wildman–Crippen LogP) is 5.49. The Hall–Kier alpha value is -0.0400. The van der Waals surface area contributed by atoms with Crippen molar-refractivity contribution in [2.24, 2.45) is 11.8 Å². The second kappa shape index (κ2) is 9.80. The van der Waals surface area contributed by atoms with E-state index in [2.05, 4.69) is 32.7 Å². The highest BCUT2D eigenvalue weighted by molar-refractivity contribution is 4.73. The lowest BCUT2D eigenvalue weighted by Gasteiger charge is -2.28. The van der Waals surface area contributed by atoms with Crippen LogP contribution < -0.4 is 0 Å². The van der Waals surface area contributed by atoms with Gasteiger partial charge in [-0.15, -0.1) is 0 Å². The summed E-state index contributed by atoms with van der Waals surface area (Å²) in [5.41, 5.74) is 0. The van der Waals surface area contributed by atoms with Crippen LogP contribution in [0.1, 0.15) is 85.0 Å². The van der Waals surface area contributed by atoms with Crippen molar-refractivity contribution >= 4 is 0 Å². The Morgan fingerprint density at radius 3 is 2.37 bits per heavy atom. The second-order valence-electron chi connectivity index (χ2n) is 7.12. The van der Waals surface area contributed by atoms with Crippen LogP contribution in [0.25, 0.3) is 0 Å². The topological polar surface area (TPSA) is 3.24 Å². The van der Waals surface area contributed by atoms with E-state index in [-0.39, 0.29) is 0 Å². The molecule has 0 heterocycles. The van der Waals surface area contributed by atoms with Gasteiger partial charge in [0.1, 0.15) is 0 Å². The van der Waals surface area contributed by atoms with Crippen molar-refractivity contribution in [2.45, 2.75) is 91.0 Å². The molecule has 1 aliphatic rings. The summed E-state index contributed by atoms with van der Waals surface area (Å²) in [6.45, 7) is 8.47. The first kappa shape index (κ1) is 17.0. The van der Waals surface area contributed by atoms with Crippen molar-refractivity contribution < 1.29 is 0 Å². The minimum atomic E-state index is 0.762. The normalized spacial score (nSPS) is 20.1. The maximum atomic E-state index is 2.58. The average molecular weight is 268 g/mol. The van der Waals surface area contributed by atoms with Gasteiger partial charge in [-0.3, -0.25) is 0 Å². The molecular formula is C18H37N. The Morgan fingerprint density at radius 1 is 1.05 bits per heavy atom. The molecule has 1 nitrogen and oxygen atoms in total. The Morgan fingerprint density at radius 2 is 1.74 bits per heavy atom. The fourth-order valence-electron chi connectivity index (χ4n) is 3.68.